The number of hydrogen-bond acceptors (Lipinski definition) is 7. The Bertz CT molecular complexity index is 852. The molecule has 0 fully saturated rings. The molecule has 0 bridgehead atoms. The zero-order valence-corrected chi connectivity index (χ0v) is 17.7. The van der Waals surface area contributed by atoms with Crippen molar-refractivity contribution in [2.24, 2.45) is 0 Å². The monoisotopic (exact) mass is 418 g/mol. The summed E-state index contributed by atoms with van der Waals surface area (Å²) in [6.07, 6.45) is 0.547. The molecule has 2 rings (SSSR count). The average Bonchev–Trinajstić information content (AvgIpc) is 2.79. The van der Waals surface area contributed by atoms with Crippen LogP contribution < -0.4 is 34.5 Å². The zero-order valence-electron chi connectivity index (χ0n) is 17.7. The van der Waals surface area contributed by atoms with Gasteiger partial charge in [0.05, 0.1) is 35.5 Å². The fraction of sp³-hybridized carbons (Fsp3) is 0.333. The standard InChI is InChI=1S/C21H26N2O7/c1-26-15-10-14(11-16(12-15)27-2)21(25)23-22-19(24)7-6-13-8-17(28-3)20(30-5)18(9-13)29-4/h8-12H,6-7H2,1-5H3,(H,22,24)(H,23,25). The highest BCUT2D eigenvalue weighted by Gasteiger charge is 2.15. The Labute approximate surface area is 175 Å². The van der Waals surface area contributed by atoms with Crippen molar-refractivity contribution in [3.63, 3.8) is 0 Å². The SMILES string of the molecule is COc1cc(OC)cc(C(=O)NNC(=O)CCc2cc(OC)c(OC)c(OC)c2)c1. The van der Waals surface area contributed by atoms with E-state index in [4.69, 9.17) is 23.7 Å². The molecule has 0 spiro atoms. The molecule has 0 saturated carbocycles. The van der Waals surface area contributed by atoms with Gasteiger partial charge in [-0.25, -0.2) is 0 Å². The Morgan fingerprint density at radius 3 is 1.77 bits per heavy atom. The summed E-state index contributed by atoms with van der Waals surface area (Å²) >= 11 is 0. The number of aryl methyl sites for hydroxylation is 1. The predicted molar refractivity (Wildman–Crippen MR) is 110 cm³/mol. The molecule has 2 aromatic rings. The van der Waals surface area contributed by atoms with Gasteiger partial charge in [0.25, 0.3) is 5.91 Å². The largest absolute Gasteiger partial charge is 0.497 e. The fourth-order valence-electron chi connectivity index (χ4n) is 2.74. The lowest BCUT2D eigenvalue weighted by atomic mass is 10.1. The van der Waals surface area contributed by atoms with Crippen molar-refractivity contribution in [1.29, 1.82) is 0 Å². The number of carbonyl (C=O) groups excluding carboxylic acids is 2. The highest BCUT2D eigenvalue weighted by atomic mass is 16.5. The average molecular weight is 418 g/mol. The molecule has 9 heteroatoms. The van der Waals surface area contributed by atoms with Crippen LogP contribution in [0.1, 0.15) is 22.3 Å². The lowest BCUT2D eigenvalue weighted by Gasteiger charge is -2.14. The first-order chi connectivity index (χ1) is 14.4. The number of hydrazine groups is 1. The molecule has 0 heterocycles. The quantitative estimate of drug-likeness (QED) is 0.601. The van der Waals surface area contributed by atoms with Gasteiger partial charge in [-0.15, -0.1) is 0 Å². The van der Waals surface area contributed by atoms with E-state index in [2.05, 4.69) is 10.9 Å². The maximum absolute atomic E-state index is 12.3. The predicted octanol–water partition coefficient (Wildman–Crippen LogP) is 2.12. The van der Waals surface area contributed by atoms with Crippen LogP contribution in [0.4, 0.5) is 0 Å². The number of hydrogen-bond donors (Lipinski definition) is 2. The number of methoxy groups -OCH3 is 5. The molecule has 2 N–H and O–H groups in total. The lowest BCUT2D eigenvalue weighted by molar-refractivity contribution is -0.121. The molecule has 9 nitrogen and oxygen atoms in total. The van der Waals surface area contributed by atoms with E-state index in [9.17, 15) is 9.59 Å². The van der Waals surface area contributed by atoms with Crippen LogP contribution in [0.15, 0.2) is 30.3 Å². The minimum Gasteiger partial charge on any atom is -0.497 e. The second kappa shape index (κ2) is 10.8. The number of ether oxygens (including phenoxy) is 5. The third-order valence-corrected chi connectivity index (χ3v) is 4.29. The van der Waals surface area contributed by atoms with Crippen LogP contribution in [-0.2, 0) is 11.2 Å². The van der Waals surface area contributed by atoms with Crippen molar-refractivity contribution >= 4 is 11.8 Å². The van der Waals surface area contributed by atoms with Gasteiger partial charge in [0, 0.05) is 18.1 Å². The van der Waals surface area contributed by atoms with Crippen molar-refractivity contribution in [3.8, 4) is 28.7 Å². The van der Waals surface area contributed by atoms with Crippen LogP contribution in [0, 0.1) is 0 Å². The van der Waals surface area contributed by atoms with Crippen LogP contribution >= 0.6 is 0 Å². The molecule has 162 valence electrons. The van der Waals surface area contributed by atoms with Gasteiger partial charge in [-0.1, -0.05) is 0 Å². The van der Waals surface area contributed by atoms with Gasteiger partial charge in [-0.05, 0) is 36.2 Å². The first-order valence-corrected chi connectivity index (χ1v) is 9.06. The highest BCUT2D eigenvalue weighted by molar-refractivity contribution is 5.96. The van der Waals surface area contributed by atoms with Crippen LogP contribution in [0.2, 0.25) is 0 Å². The number of amides is 2. The lowest BCUT2D eigenvalue weighted by Crippen LogP contribution is -2.41. The third-order valence-electron chi connectivity index (χ3n) is 4.29. The Morgan fingerprint density at radius 2 is 1.30 bits per heavy atom. The van der Waals surface area contributed by atoms with E-state index >= 15 is 0 Å². The molecule has 0 atom stereocenters. The summed E-state index contributed by atoms with van der Waals surface area (Å²) in [7, 11) is 7.55. The van der Waals surface area contributed by atoms with E-state index in [1.807, 2.05) is 0 Å². The Hall–Kier alpha value is -3.62. The summed E-state index contributed by atoms with van der Waals surface area (Å²) in [5, 5.41) is 0. The fourth-order valence-corrected chi connectivity index (χ4v) is 2.74. The van der Waals surface area contributed by atoms with Gasteiger partial charge in [0.2, 0.25) is 11.7 Å². The van der Waals surface area contributed by atoms with E-state index in [0.29, 0.717) is 35.2 Å². The van der Waals surface area contributed by atoms with Crippen molar-refractivity contribution in [1.82, 2.24) is 10.9 Å². The maximum atomic E-state index is 12.3. The van der Waals surface area contributed by atoms with Crippen molar-refractivity contribution in [2.45, 2.75) is 12.8 Å². The van der Waals surface area contributed by atoms with Gasteiger partial charge in [0.15, 0.2) is 11.5 Å². The molecule has 0 aliphatic carbocycles. The summed E-state index contributed by atoms with van der Waals surface area (Å²) in [4.78, 5) is 24.5. The Kier molecular flexibility index (Phi) is 8.16. The van der Waals surface area contributed by atoms with Crippen LogP contribution in [0.25, 0.3) is 0 Å². The summed E-state index contributed by atoms with van der Waals surface area (Å²) in [5.41, 5.74) is 5.89. The van der Waals surface area contributed by atoms with E-state index in [0.717, 1.165) is 5.56 Å². The normalized spacial score (nSPS) is 10.0. The molecule has 2 aromatic carbocycles. The number of nitrogens with one attached hydrogen (secondary N) is 2. The number of benzene rings is 2. The van der Waals surface area contributed by atoms with Gasteiger partial charge in [0.1, 0.15) is 11.5 Å². The van der Waals surface area contributed by atoms with E-state index < -0.39 is 5.91 Å². The molecule has 0 unspecified atom stereocenters. The van der Waals surface area contributed by atoms with Crippen molar-refractivity contribution < 1.29 is 33.3 Å². The number of carbonyl (C=O) groups is 2. The van der Waals surface area contributed by atoms with Gasteiger partial charge in [-0.3, -0.25) is 20.4 Å². The topological polar surface area (TPSA) is 104 Å². The number of rotatable bonds is 9. The third kappa shape index (κ3) is 5.69. The second-order valence-electron chi connectivity index (χ2n) is 6.14. The molecule has 30 heavy (non-hydrogen) atoms. The molecule has 0 saturated heterocycles. The first-order valence-electron chi connectivity index (χ1n) is 9.06. The minimum atomic E-state index is -0.492. The summed E-state index contributed by atoms with van der Waals surface area (Å²) in [5.74, 6) is 1.58. The first kappa shape index (κ1) is 22.7. The van der Waals surface area contributed by atoms with Crippen molar-refractivity contribution in [3.05, 3.63) is 41.5 Å². The van der Waals surface area contributed by atoms with E-state index in [1.54, 1.807) is 30.3 Å². The van der Waals surface area contributed by atoms with Gasteiger partial charge >= 0.3 is 0 Å². The highest BCUT2D eigenvalue weighted by Crippen LogP contribution is 2.38. The molecule has 0 aromatic heterocycles. The van der Waals surface area contributed by atoms with Crippen LogP contribution in [0.3, 0.4) is 0 Å². The summed E-state index contributed by atoms with van der Waals surface area (Å²) in [6, 6.07) is 8.28. The smallest absolute Gasteiger partial charge is 0.269 e. The summed E-state index contributed by atoms with van der Waals surface area (Å²) in [6.45, 7) is 0. The van der Waals surface area contributed by atoms with Gasteiger partial charge < -0.3 is 23.7 Å². The molecule has 0 radical (unpaired) electrons. The van der Waals surface area contributed by atoms with Crippen LogP contribution in [0.5, 0.6) is 28.7 Å². The van der Waals surface area contributed by atoms with E-state index in [-0.39, 0.29) is 17.9 Å². The zero-order chi connectivity index (χ0) is 22.1. The molecule has 0 aliphatic rings. The molecular weight excluding hydrogens is 392 g/mol. The van der Waals surface area contributed by atoms with Gasteiger partial charge in [-0.2, -0.15) is 0 Å². The Balaban J connectivity index is 1.96. The second-order valence-corrected chi connectivity index (χ2v) is 6.14. The summed E-state index contributed by atoms with van der Waals surface area (Å²) < 4.78 is 26.2. The Morgan fingerprint density at radius 1 is 0.733 bits per heavy atom. The molecular formula is C21H26N2O7. The van der Waals surface area contributed by atoms with Crippen molar-refractivity contribution in [2.75, 3.05) is 35.5 Å². The van der Waals surface area contributed by atoms with E-state index in [1.165, 1.54) is 35.5 Å². The maximum Gasteiger partial charge on any atom is 0.269 e. The minimum absolute atomic E-state index is 0.139. The molecule has 2 amide bonds. The molecule has 0 aliphatic heterocycles. The van der Waals surface area contributed by atoms with Crippen LogP contribution in [-0.4, -0.2) is 47.4 Å².